The molecule has 0 saturated carbocycles. The van der Waals surface area contributed by atoms with Gasteiger partial charge in [0, 0.05) is 73.0 Å². The standard InChI is InChI=1S/C66H65F2N4O.Pt/c1-38(2)44-20-25-61-63(33-44)71(66-57(42(9)10)31-46(32-58(66)43(11)12)52-23-21-48(67)34-59(52)68)37-70(61)49-27-47(65-55(40(5)6)29-45(39(3)4)30-56(65)41(7)8)28-51(35-49)73-50-22-24-54-53-17-13-14-18-60(53)72(62(54)36-50)64-19-15-16-26-69-64;/h13-34,37-43H,1-12H3;/q-3;. The first-order valence-corrected chi connectivity index (χ1v) is 26.0. The summed E-state index contributed by atoms with van der Waals surface area (Å²) in [5.74, 6) is 2.00. The summed E-state index contributed by atoms with van der Waals surface area (Å²) in [6.07, 6.45) is 1.82. The quantitative estimate of drug-likeness (QED) is 0.108. The van der Waals surface area contributed by atoms with Crippen LogP contribution in [0, 0.1) is 30.4 Å². The molecule has 0 unspecified atom stereocenters. The first-order chi connectivity index (χ1) is 35.0. The van der Waals surface area contributed by atoms with Crippen LogP contribution in [0.25, 0.3) is 49.9 Å². The second-order valence-electron chi connectivity index (χ2n) is 21.6. The smallest absolute Gasteiger partial charge is 0.135 e. The van der Waals surface area contributed by atoms with Crippen LogP contribution in [0.15, 0.2) is 134 Å². The average Bonchev–Trinajstić information content (AvgIpc) is 3.92. The molecule has 0 aliphatic carbocycles. The number of fused-ring (bicyclic) bond motifs is 4. The summed E-state index contributed by atoms with van der Waals surface area (Å²) < 4.78 is 39.1. The van der Waals surface area contributed by atoms with Gasteiger partial charge in [0.1, 0.15) is 17.5 Å². The molecule has 0 radical (unpaired) electrons. The van der Waals surface area contributed by atoms with E-state index in [0.29, 0.717) is 23.0 Å². The summed E-state index contributed by atoms with van der Waals surface area (Å²) in [7, 11) is 0. The summed E-state index contributed by atoms with van der Waals surface area (Å²) in [5, 5.41) is 2.17. The summed E-state index contributed by atoms with van der Waals surface area (Å²) in [6.45, 7) is 29.1. The Balaban J connectivity index is 0.00000672. The van der Waals surface area contributed by atoms with E-state index in [1.54, 1.807) is 6.07 Å². The number of hydrogen-bond acceptors (Lipinski definition) is 4. The van der Waals surface area contributed by atoms with Crippen molar-refractivity contribution in [2.24, 2.45) is 0 Å². The third-order valence-electron chi connectivity index (χ3n) is 14.5. The van der Waals surface area contributed by atoms with Gasteiger partial charge >= 0.3 is 0 Å². The molecule has 382 valence electrons. The molecule has 1 aliphatic heterocycles. The summed E-state index contributed by atoms with van der Waals surface area (Å²) >= 11 is 0. The molecule has 3 heterocycles. The van der Waals surface area contributed by atoms with Crippen LogP contribution < -0.4 is 14.5 Å². The SMILES string of the molecule is CC(C)c1cc(C(C)C)c(-c2cc(Oc3[c-]c4c(cc3)c3ccccc3n4-c3ccccn3)[c-]c(N3[CH-]N(c4c(C(C)C)cc(-c5ccc(F)cc5F)cc4C(C)C)c4cc(C(C)C)ccc43)c2)c(C(C)C)c1.[Pt]. The number of benzene rings is 7. The average molecular weight is 1160 g/mol. The summed E-state index contributed by atoms with van der Waals surface area (Å²) in [4.78, 5) is 9.34. The van der Waals surface area contributed by atoms with Gasteiger partial charge < -0.3 is 19.1 Å². The van der Waals surface area contributed by atoms with Gasteiger partial charge in [0.15, 0.2) is 0 Å². The molecule has 0 N–H and O–H groups in total. The van der Waals surface area contributed by atoms with E-state index in [4.69, 9.17) is 9.72 Å². The topological polar surface area (TPSA) is 33.5 Å². The molecule has 74 heavy (non-hydrogen) atoms. The summed E-state index contributed by atoms with van der Waals surface area (Å²) in [5.41, 5.74) is 16.4. The Morgan fingerprint density at radius 1 is 0.527 bits per heavy atom. The predicted molar refractivity (Wildman–Crippen MR) is 300 cm³/mol. The van der Waals surface area contributed by atoms with Crippen molar-refractivity contribution in [2.45, 2.75) is 119 Å². The maximum Gasteiger partial charge on any atom is 0.135 e. The molecule has 10 rings (SSSR count). The minimum absolute atomic E-state index is 0. The molecule has 9 aromatic rings. The van der Waals surface area contributed by atoms with Gasteiger partial charge in [0.25, 0.3) is 0 Å². The van der Waals surface area contributed by atoms with Crippen molar-refractivity contribution >= 4 is 44.6 Å². The Bertz CT molecular complexity index is 3480. The fourth-order valence-corrected chi connectivity index (χ4v) is 10.5. The van der Waals surface area contributed by atoms with Gasteiger partial charge in [-0.2, -0.15) is 6.07 Å². The third kappa shape index (κ3) is 9.69. The van der Waals surface area contributed by atoms with Crippen molar-refractivity contribution in [2.75, 3.05) is 9.80 Å². The second kappa shape index (κ2) is 21.0. The number of halogens is 2. The fraction of sp³-hybridized carbons (Fsp3) is 0.273. The fourth-order valence-electron chi connectivity index (χ4n) is 10.5. The van der Waals surface area contributed by atoms with Gasteiger partial charge in [-0.05, 0) is 140 Å². The van der Waals surface area contributed by atoms with Crippen LogP contribution in [-0.4, -0.2) is 9.55 Å². The number of ether oxygens (including phenoxy) is 1. The van der Waals surface area contributed by atoms with Crippen molar-refractivity contribution in [3.05, 3.63) is 197 Å². The molecule has 0 spiro atoms. The van der Waals surface area contributed by atoms with E-state index in [1.807, 2.05) is 30.5 Å². The van der Waals surface area contributed by atoms with Crippen molar-refractivity contribution in [1.82, 2.24) is 9.55 Å². The van der Waals surface area contributed by atoms with E-state index < -0.39 is 11.6 Å². The predicted octanol–water partition coefficient (Wildman–Crippen LogP) is 19.3. The van der Waals surface area contributed by atoms with E-state index in [2.05, 4.69) is 201 Å². The Morgan fingerprint density at radius 3 is 1.81 bits per heavy atom. The molecule has 2 aromatic heterocycles. The number of pyridine rings is 1. The zero-order valence-electron chi connectivity index (χ0n) is 44.5. The Labute approximate surface area is 451 Å². The van der Waals surface area contributed by atoms with Crippen LogP contribution in [0.2, 0.25) is 0 Å². The number of anilines is 4. The molecule has 0 bridgehead atoms. The normalized spacial score (nSPS) is 12.7. The molecular formula is C66H65F2N4OPt-3. The first-order valence-electron chi connectivity index (χ1n) is 26.0. The van der Waals surface area contributed by atoms with Crippen LogP contribution in [0.3, 0.4) is 0 Å². The van der Waals surface area contributed by atoms with E-state index >= 15 is 4.39 Å². The van der Waals surface area contributed by atoms with Crippen LogP contribution in [-0.2, 0) is 21.1 Å². The van der Waals surface area contributed by atoms with Crippen molar-refractivity contribution in [3.63, 3.8) is 0 Å². The minimum atomic E-state index is -0.595. The molecule has 8 heteroatoms. The van der Waals surface area contributed by atoms with E-state index in [0.717, 1.165) is 78.7 Å². The van der Waals surface area contributed by atoms with Gasteiger partial charge in [-0.15, -0.1) is 53.6 Å². The van der Waals surface area contributed by atoms with Crippen LogP contribution >= 0.6 is 0 Å². The van der Waals surface area contributed by atoms with Crippen molar-refractivity contribution in [1.29, 1.82) is 0 Å². The Kier molecular flexibility index (Phi) is 14.8. The molecule has 0 amide bonds. The largest absolute Gasteiger partial charge is 0.509 e. The number of para-hydroxylation sites is 1. The third-order valence-corrected chi connectivity index (χ3v) is 14.5. The van der Waals surface area contributed by atoms with E-state index in [-0.39, 0.29) is 50.7 Å². The first kappa shape index (κ1) is 52.3. The Hall–Kier alpha value is -6.56. The van der Waals surface area contributed by atoms with Gasteiger partial charge in [-0.1, -0.05) is 131 Å². The molecule has 0 atom stereocenters. The Morgan fingerprint density at radius 2 is 1.19 bits per heavy atom. The van der Waals surface area contributed by atoms with Gasteiger partial charge in [0.05, 0.1) is 0 Å². The van der Waals surface area contributed by atoms with Gasteiger partial charge in [-0.25, -0.2) is 13.8 Å². The monoisotopic (exact) mass is 1160 g/mol. The van der Waals surface area contributed by atoms with Crippen LogP contribution in [0.1, 0.15) is 152 Å². The molecule has 0 saturated heterocycles. The second-order valence-corrected chi connectivity index (χ2v) is 21.6. The van der Waals surface area contributed by atoms with E-state index in [9.17, 15) is 4.39 Å². The van der Waals surface area contributed by atoms with Crippen molar-refractivity contribution in [3.8, 4) is 39.6 Å². The minimum Gasteiger partial charge on any atom is -0.509 e. The van der Waals surface area contributed by atoms with Gasteiger partial charge in [-0.3, -0.25) is 0 Å². The molecular weight excluding hydrogens is 1100 g/mol. The number of rotatable bonds is 13. The molecule has 7 aromatic carbocycles. The number of hydrogen-bond donors (Lipinski definition) is 0. The van der Waals surface area contributed by atoms with Gasteiger partial charge in [0.2, 0.25) is 0 Å². The zero-order valence-corrected chi connectivity index (χ0v) is 46.8. The molecule has 5 nitrogen and oxygen atoms in total. The zero-order chi connectivity index (χ0) is 51.6. The maximum atomic E-state index is 15.6. The molecule has 0 fully saturated rings. The molecule has 1 aliphatic rings. The summed E-state index contributed by atoms with van der Waals surface area (Å²) in [6, 6.07) is 50.0. The maximum absolute atomic E-state index is 15.6. The van der Waals surface area contributed by atoms with E-state index in [1.165, 1.54) is 33.9 Å². The number of nitrogens with zero attached hydrogens (tertiary/aromatic N) is 4. The van der Waals surface area contributed by atoms with Crippen LogP contribution in [0.4, 0.5) is 31.5 Å². The van der Waals surface area contributed by atoms with Crippen LogP contribution in [0.5, 0.6) is 11.5 Å². The van der Waals surface area contributed by atoms with Crippen molar-refractivity contribution < 1.29 is 34.6 Å². The number of aromatic nitrogens is 2.